The average Bonchev–Trinajstić information content (AvgIpc) is 2.80. The van der Waals surface area contributed by atoms with E-state index in [-0.39, 0.29) is 5.91 Å². The van der Waals surface area contributed by atoms with Crippen molar-refractivity contribution in [1.82, 2.24) is 4.90 Å². The summed E-state index contributed by atoms with van der Waals surface area (Å²) in [6, 6.07) is 7.68. The second-order valence-electron chi connectivity index (χ2n) is 4.93. The van der Waals surface area contributed by atoms with Crippen LogP contribution in [0.1, 0.15) is 23.7 Å². The SMILES string of the molecule is CC1(C(=O)O)CCN1C(=O)c1csc2ccccc12. The molecule has 3 rings (SSSR count). The predicted octanol–water partition coefficient (Wildman–Crippen LogP) is 2.59. The first kappa shape index (κ1) is 12.2. The standard InChI is InChI=1S/C14H13NO3S/c1-14(13(17)18)6-7-15(14)12(16)10-8-19-11-5-3-2-4-9(10)11/h2-5,8H,6-7H2,1H3,(H,17,18). The normalized spacial score (nSPS) is 22.3. The van der Waals surface area contributed by atoms with Gasteiger partial charge in [0, 0.05) is 22.0 Å². The molecule has 0 bridgehead atoms. The molecule has 0 radical (unpaired) electrons. The number of carboxylic acids is 1. The van der Waals surface area contributed by atoms with E-state index in [0.717, 1.165) is 10.1 Å². The highest BCUT2D eigenvalue weighted by Crippen LogP contribution is 2.35. The number of carbonyl (C=O) groups excluding carboxylic acids is 1. The largest absolute Gasteiger partial charge is 0.480 e. The molecule has 0 spiro atoms. The molecule has 1 aromatic heterocycles. The first-order valence-electron chi connectivity index (χ1n) is 6.05. The third-order valence-corrected chi connectivity index (χ3v) is 4.80. The van der Waals surface area contributed by atoms with Crippen LogP contribution in [0.3, 0.4) is 0 Å². The minimum absolute atomic E-state index is 0.186. The fourth-order valence-corrected chi connectivity index (χ4v) is 3.33. The smallest absolute Gasteiger partial charge is 0.329 e. The highest BCUT2D eigenvalue weighted by atomic mass is 32.1. The number of rotatable bonds is 2. The lowest BCUT2D eigenvalue weighted by Gasteiger charge is -2.47. The zero-order valence-corrected chi connectivity index (χ0v) is 11.2. The van der Waals surface area contributed by atoms with Crippen LogP contribution in [0, 0.1) is 0 Å². The van der Waals surface area contributed by atoms with Gasteiger partial charge >= 0.3 is 5.97 Å². The minimum atomic E-state index is -1.06. The molecule has 1 aliphatic rings. The third-order valence-electron chi connectivity index (χ3n) is 3.84. The van der Waals surface area contributed by atoms with Crippen LogP contribution in [-0.2, 0) is 4.79 Å². The number of aliphatic carboxylic acids is 1. The number of benzene rings is 1. The van der Waals surface area contributed by atoms with Crippen molar-refractivity contribution >= 4 is 33.3 Å². The van der Waals surface area contributed by atoms with Gasteiger partial charge in [-0.25, -0.2) is 4.79 Å². The van der Waals surface area contributed by atoms with E-state index in [9.17, 15) is 14.7 Å². The highest BCUT2D eigenvalue weighted by Gasteiger charge is 2.50. The number of hydrogen-bond donors (Lipinski definition) is 1. The number of fused-ring (bicyclic) bond motifs is 1. The van der Waals surface area contributed by atoms with Crippen LogP contribution >= 0.6 is 11.3 Å². The summed E-state index contributed by atoms with van der Waals surface area (Å²) in [4.78, 5) is 25.2. The molecule has 1 saturated heterocycles. The van der Waals surface area contributed by atoms with Crippen LogP contribution in [0.15, 0.2) is 29.6 Å². The second-order valence-corrected chi connectivity index (χ2v) is 5.84. The summed E-state index contributed by atoms with van der Waals surface area (Å²) < 4.78 is 1.04. The Balaban J connectivity index is 1.99. The van der Waals surface area contributed by atoms with Gasteiger partial charge < -0.3 is 10.0 Å². The summed E-state index contributed by atoms with van der Waals surface area (Å²) in [5.74, 6) is -1.12. The van der Waals surface area contributed by atoms with Crippen LogP contribution in [0.4, 0.5) is 0 Å². The summed E-state index contributed by atoms with van der Waals surface area (Å²) in [5, 5.41) is 11.9. The van der Waals surface area contributed by atoms with Crippen molar-refractivity contribution in [2.24, 2.45) is 0 Å². The zero-order chi connectivity index (χ0) is 13.6. The molecule has 1 fully saturated rings. The van der Waals surface area contributed by atoms with E-state index in [2.05, 4.69) is 0 Å². The van der Waals surface area contributed by atoms with Crippen molar-refractivity contribution in [2.75, 3.05) is 6.54 Å². The van der Waals surface area contributed by atoms with E-state index in [1.165, 1.54) is 16.2 Å². The maximum atomic E-state index is 12.5. The minimum Gasteiger partial charge on any atom is -0.480 e. The molecule has 1 atom stereocenters. The summed E-state index contributed by atoms with van der Waals surface area (Å²) in [5.41, 5.74) is -0.451. The molecule has 1 aromatic carbocycles. The van der Waals surface area contributed by atoms with Gasteiger partial charge in [-0.15, -0.1) is 11.3 Å². The van der Waals surface area contributed by atoms with Crippen LogP contribution in [0.25, 0.3) is 10.1 Å². The van der Waals surface area contributed by atoms with Crippen molar-refractivity contribution in [3.63, 3.8) is 0 Å². The molecule has 2 heterocycles. The van der Waals surface area contributed by atoms with Gasteiger partial charge in [-0.3, -0.25) is 4.79 Å². The van der Waals surface area contributed by atoms with Crippen molar-refractivity contribution in [3.05, 3.63) is 35.2 Å². The van der Waals surface area contributed by atoms with E-state index in [1.807, 2.05) is 29.6 Å². The number of carbonyl (C=O) groups is 2. The topological polar surface area (TPSA) is 57.6 Å². The number of amides is 1. The fourth-order valence-electron chi connectivity index (χ4n) is 2.40. The Kier molecular flexibility index (Phi) is 2.60. The Morgan fingerprint density at radius 1 is 1.37 bits per heavy atom. The molecular weight excluding hydrogens is 262 g/mol. The Labute approximate surface area is 114 Å². The summed E-state index contributed by atoms with van der Waals surface area (Å²) >= 11 is 1.51. The van der Waals surface area contributed by atoms with Gasteiger partial charge in [0.25, 0.3) is 5.91 Å². The molecular formula is C14H13NO3S. The first-order valence-corrected chi connectivity index (χ1v) is 6.93. The Bertz CT molecular complexity index is 678. The van der Waals surface area contributed by atoms with Gasteiger partial charge in [0.05, 0.1) is 5.56 Å². The number of hydrogen-bond acceptors (Lipinski definition) is 3. The Hall–Kier alpha value is -1.88. The molecule has 2 aromatic rings. The monoisotopic (exact) mass is 275 g/mol. The van der Waals surface area contributed by atoms with Gasteiger partial charge in [-0.2, -0.15) is 0 Å². The maximum absolute atomic E-state index is 12.5. The van der Waals surface area contributed by atoms with E-state index < -0.39 is 11.5 Å². The van der Waals surface area contributed by atoms with Gasteiger partial charge in [-0.1, -0.05) is 18.2 Å². The van der Waals surface area contributed by atoms with E-state index in [0.29, 0.717) is 18.5 Å². The molecule has 1 unspecified atom stereocenters. The number of carboxylic acid groups (broad SMARTS) is 1. The summed E-state index contributed by atoms with van der Waals surface area (Å²) in [7, 11) is 0. The molecule has 19 heavy (non-hydrogen) atoms. The van der Waals surface area contributed by atoms with E-state index >= 15 is 0 Å². The maximum Gasteiger partial charge on any atom is 0.329 e. The molecule has 98 valence electrons. The first-order chi connectivity index (χ1) is 9.04. The summed E-state index contributed by atoms with van der Waals surface area (Å²) in [6.45, 7) is 2.11. The lowest BCUT2D eigenvalue weighted by atomic mass is 9.86. The van der Waals surface area contributed by atoms with Gasteiger partial charge in [0.1, 0.15) is 5.54 Å². The van der Waals surface area contributed by atoms with Crippen LogP contribution < -0.4 is 0 Å². The zero-order valence-electron chi connectivity index (χ0n) is 10.4. The van der Waals surface area contributed by atoms with Gasteiger partial charge in [-0.05, 0) is 19.4 Å². The molecule has 1 amide bonds. The number of likely N-dealkylation sites (tertiary alicyclic amines) is 1. The molecule has 1 aliphatic heterocycles. The van der Waals surface area contributed by atoms with E-state index in [1.54, 1.807) is 6.92 Å². The summed E-state index contributed by atoms with van der Waals surface area (Å²) in [6.07, 6.45) is 0.510. The van der Waals surface area contributed by atoms with Crippen LogP contribution in [-0.4, -0.2) is 34.0 Å². The second kappa shape index (κ2) is 4.06. The lowest BCUT2D eigenvalue weighted by Crippen LogP contribution is -2.64. The highest BCUT2D eigenvalue weighted by molar-refractivity contribution is 7.17. The van der Waals surface area contributed by atoms with Crippen molar-refractivity contribution in [2.45, 2.75) is 18.9 Å². The van der Waals surface area contributed by atoms with Crippen LogP contribution in [0.5, 0.6) is 0 Å². The van der Waals surface area contributed by atoms with Gasteiger partial charge in [0.2, 0.25) is 0 Å². The quantitative estimate of drug-likeness (QED) is 0.916. The molecule has 4 nitrogen and oxygen atoms in total. The molecule has 5 heteroatoms. The molecule has 0 saturated carbocycles. The predicted molar refractivity (Wildman–Crippen MR) is 73.5 cm³/mol. The van der Waals surface area contributed by atoms with Crippen molar-refractivity contribution < 1.29 is 14.7 Å². The van der Waals surface area contributed by atoms with Gasteiger partial charge in [0.15, 0.2) is 0 Å². The van der Waals surface area contributed by atoms with Crippen molar-refractivity contribution in [1.29, 1.82) is 0 Å². The fraction of sp³-hybridized carbons (Fsp3) is 0.286. The Morgan fingerprint density at radius 3 is 2.74 bits per heavy atom. The van der Waals surface area contributed by atoms with Crippen LogP contribution in [0.2, 0.25) is 0 Å². The third kappa shape index (κ3) is 1.65. The van der Waals surface area contributed by atoms with Crippen molar-refractivity contribution in [3.8, 4) is 0 Å². The average molecular weight is 275 g/mol. The number of nitrogens with zero attached hydrogens (tertiary/aromatic N) is 1. The number of thiophene rings is 1. The van der Waals surface area contributed by atoms with E-state index in [4.69, 9.17) is 0 Å². The Morgan fingerprint density at radius 2 is 2.11 bits per heavy atom. The lowest BCUT2D eigenvalue weighted by molar-refractivity contribution is -0.155. The molecule has 1 N–H and O–H groups in total. The molecule has 0 aliphatic carbocycles.